The Bertz CT molecular complexity index is 522. The van der Waals surface area contributed by atoms with Gasteiger partial charge in [-0.25, -0.2) is 8.42 Å². The lowest BCUT2D eigenvalue weighted by atomic mass is 10.2. The van der Waals surface area contributed by atoms with Crippen molar-refractivity contribution in [2.24, 2.45) is 0 Å². The third kappa shape index (κ3) is 3.39. The van der Waals surface area contributed by atoms with Gasteiger partial charge >= 0.3 is 0 Å². The predicted octanol–water partition coefficient (Wildman–Crippen LogP) is 1.20. The van der Waals surface area contributed by atoms with Crippen LogP contribution in [0, 0.1) is 0 Å². The molecule has 0 radical (unpaired) electrons. The van der Waals surface area contributed by atoms with Crippen molar-refractivity contribution in [2.45, 2.75) is 6.92 Å². The van der Waals surface area contributed by atoms with Crippen LogP contribution in [0.15, 0.2) is 24.3 Å². The van der Waals surface area contributed by atoms with Crippen LogP contribution in [0.3, 0.4) is 0 Å². The monoisotopic (exact) mass is 283 g/mol. The molecule has 1 aromatic carbocycles. The topological polar surface area (TPSA) is 52.6 Å². The van der Waals surface area contributed by atoms with Crippen molar-refractivity contribution in [3.8, 4) is 0 Å². The van der Waals surface area contributed by atoms with Crippen molar-refractivity contribution in [1.29, 1.82) is 0 Å². The van der Waals surface area contributed by atoms with Crippen LogP contribution in [0.1, 0.15) is 6.92 Å². The second kappa shape index (κ2) is 5.79. The van der Waals surface area contributed by atoms with Crippen LogP contribution < -0.4 is 10.2 Å². The molecule has 5 nitrogen and oxygen atoms in total. The normalized spacial score (nSPS) is 17.5. The summed E-state index contributed by atoms with van der Waals surface area (Å²) in [6, 6.07) is 8.16. The Morgan fingerprint density at radius 3 is 2.37 bits per heavy atom. The quantitative estimate of drug-likeness (QED) is 0.902. The first-order chi connectivity index (χ1) is 9.02. The summed E-state index contributed by atoms with van der Waals surface area (Å²) in [7, 11) is -3.06. The van der Waals surface area contributed by atoms with Gasteiger partial charge in [0.05, 0.1) is 17.6 Å². The number of hydrogen-bond acceptors (Lipinski definition) is 4. The van der Waals surface area contributed by atoms with Crippen molar-refractivity contribution >= 4 is 21.4 Å². The summed E-state index contributed by atoms with van der Waals surface area (Å²) in [6.45, 7) is 5.52. The Labute approximate surface area is 115 Å². The number of hydrogen-bond donors (Lipinski definition) is 1. The summed E-state index contributed by atoms with van der Waals surface area (Å²) in [6.07, 6.45) is 1.27. The summed E-state index contributed by atoms with van der Waals surface area (Å²) >= 11 is 0. The zero-order chi connectivity index (χ0) is 13.9. The minimum Gasteiger partial charge on any atom is -0.384 e. The van der Waals surface area contributed by atoms with E-state index in [1.165, 1.54) is 6.26 Å². The molecule has 0 bridgehead atoms. The number of para-hydroxylation sites is 2. The molecule has 0 aliphatic carbocycles. The van der Waals surface area contributed by atoms with Gasteiger partial charge in [0.25, 0.3) is 0 Å². The Kier molecular flexibility index (Phi) is 4.31. The van der Waals surface area contributed by atoms with E-state index in [1.807, 2.05) is 12.1 Å². The lowest BCUT2D eigenvalue weighted by molar-refractivity contribution is 0.388. The van der Waals surface area contributed by atoms with Crippen LogP contribution in [0.4, 0.5) is 11.4 Å². The fourth-order valence-corrected chi connectivity index (χ4v) is 3.18. The average molecular weight is 283 g/mol. The molecule has 1 aliphatic rings. The molecule has 1 heterocycles. The second-order valence-electron chi connectivity index (χ2n) is 4.70. The highest BCUT2D eigenvalue weighted by Crippen LogP contribution is 2.26. The fraction of sp³-hybridized carbons (Fsp3) is 0.538. The van der Waals surface area contributed by atoms with Crippen LogP contribution in [0.25, 0.3) is 0 Å². The van der Waals surface area contributed by atoms with Crippen LogP contribution in [-0.2, 0) is 10.0 Å². The van der Waals surface area contributed by atoms with E-state index in [9.17, 15) is 8.42 Å². The van der Waals surface area contributed by atoms with E-state index in [1.54, 1.807) is 4.31 Å². The molecule has 0 unspecified atom stereocenters. The summed E-state index contributed by atoms with van der Waals surface area (Å²) in [5.41, 5.74) is 2.26. The maximum atomic E-state index is 11.5. The molecule has 19 heavy (non-hydrogen) atoms. The number of anilines is 2. The zero-order valence-corrected chi connectivity index (χ0v) is 12.3. The summed E-state index contributed by atoms with van der Waals surface area (Å²) in [5, 5.41) is 3.34. The minimum atomic E-state index is -3.06. The smallest absolute Gasteiger partial charge is 0.211 e. The molecule has 0 atom stereocenters. The fourth-order valence-electron chi connectivity index (χ4n) is 2.35. The van der Waals surface area contributed by atoms with Gasteiger partial charge in [-0.3, -0.25) is 0 Å². The van der Waals surface area contributed by atoms with Crippen LogP contribution in [0.5, 0.6) is 0 Å². The summed E-state index contributed by atoms with van der Waals surface area (Å²) in [5.74, 6) is 0. The van der Waals surface area contributed by atoms with E-state index >= 15 is 0 Å². The van der Waals surface area contributed by atoms with Crippen molar-refractivity contribution in [2.75, 3.05) is 49.2 Å². The molecule has 1 aliphatic heterocycles. The highest BCUT2D eigenvalue weighted by molar-refractivity contribution is 7.88. The number of benzene rings is 1. The van der Waals surface area contributed by atoms with E-state index in [0.29, 0.717) is 13.1 Å². The molecule has 1 aromatic rings. The van der Waals surface area contributed by atoms with Gasteiger partial charge in [0.2, 0.25) is 10.0 Å². The molecule has 0 aromatic heterocycles. The minimum absolute atomic E-state index is 0.555. The molecule has 1 saturated heterocycles. The van der Waals surface area contributed by atoms with E-state index in [4.69, 9.17) is 0 Å². The van der Waals surface area contributed by atoms with E-state index < -0.39 is 10.0 Å². The molecule has 0 amide bonds. The number of sulfonamides is 1. The summed E-state index contributed by atoms with van der Waals surface area (Å²) in [4.78, 5) is 2.24. The van der Waals surface area contributed by atoms with Crippen molar-refractivity contribution in [3.05, 3.63) is 24.3 Å². The van der Waals surface area contributed by atoms with Gasteiger partial charge < -0.3 is 10.2 Å². The molecular weight excluding hydrogens is 262 g/mol. The molecule has 1 N–H and O–H groups in total. The summed E-state index contributed by atoms with van der Waals surface area (Å²) < 4.78 is 24.5. The van der Waals surface area contributed by atoms with Crippen molar-refractivity contribution < 1.29 is 8.42 Å². The molecule has 0 spiro atoms. The SMILES string of the molecule is CCNc1ccccc1N1CCN(S(C)(=O)=O)CC1. The van der Waals surface area contributed by atoms with Gasteiger partial charge in [0.1, 0.15) is 0 Å². The van der Waals surface area contributed by atoms with Gasteiger partial charge in [-0.05, 0) is 19.1 Å². The predicted molar refractivity (Wildman–Crippen MR) is 79.2 cm³/mol. The lowest BCUT2D eigenvalue weighted by Gasteiger charge is -2.35. The van der Waals surface area contributed by atoms with Gasteiger partial charge in [-0.2, -0.15) is 4.31 Å². The Balaban J connectivity index is 2.09. The van der Waals surface area contributed by atoms with Crippen LogP contribution >= 0.6 is 0 Å². The first-order valence-electron chi connectivity index (χ1n) is 6.55. The number of nitrogens with one attached hydrogen (secondary N) is 1. The highest BCUT2D eigenvalue weighted by atomic mass is 32.2. The zero-order valence-electron chi connectivity index (χ0n) is 11.5. The molecule has 0 saturated carbocycles. The Morgan fingerprint density at radius 1 is 1.16 bits per heavy atom. The van der Waals surface area contributed by atoms with Gasteiger partial charge in [0.15, 0.2) is 0 Å². The average Bonchev–Trinajstić information content (AvgIpc) is 2.39. The van der Waals surface area contributed by atoms with Crippen LogP contribution in [0.2, 0.25) is 0 Å². The number of nitrogens with zero attached hydrogens (tertiary/aromatic N) is 2. The third-order valence-corrected chi connectivity index (χ3v) is 4.62. The van der Waals surface area contributed by atoms with E-state index in [0.717, 1.165) is 31.0 Å². The first kappa shape index (κ1) is 14.1. The first-order valence-corrected chi connectivity index (χ1v) is 8.40. The van der Waals surface area contributed by atoms with Gasteiger partial charge in [-0.15, -0.1) is 0 Å². The van der Waals surface area contributed by atoms with E-state index in [-0.39, 0.29) is 0 Å². The van der Waals surface area contributed by atoms with Gasteiger partial charge in [-0.1, -0.05) is 12.1 Å². The molecule has 1 fully saturated rings. The van der Waals surface area contributed by atoms with Gasteiger partial charge in [0, 0.05) is 32.7 Å². The highest BCUT2D eigenvalue weighted by Gasteiger charge is 2.24. The molecule has 2 rings (SSSR count). The second-order valence-corrected chi connectivity index (χ2v) is 6.68. The maximum Gasteiger partial charge on any atom is 0.211 e. The largest absolute Gasteiger partial charge is 0.384 e. The molecule has 106 valence electrons. The van der Waals surface area contributed by atoms with Crippen molar-refractivity contribution in [3.63, 3.8) is 0 Å². The number of piperazine rings is 1. The number of rotatable bonds is 4. The third-order valence-electron chi connectivity index (χ3n) is 3.32. The van der Waals surface area contributed by atoms with Crippen molar-refractivity contribution in [1.82, 2.24) is 4.31 Å². The molecular formula is C13H21N3O2S. The standard InChI is InChI=1S/C13H21N3O2S/c1-3-14-12-6-4-5-7-13(12)15-8-10-16(11-9-15)19(2,17)18/h4-7,14H,3,8-11H2,1-2H3. The lowest BCUT2D eigenvalue weighted by Crippen LogP contribution is -2.48. The maximum absolute atomic E-state index is 11.5. The van der Waals surface area contributed by atoms with Crippen LogP contribution in [-0.4, -0.2) is 51.7 Å². The Morgan fingerprint density at radius 2 is 1.79 bits per heavy atom. The Hall–Kier alpha value is -1.27. The molecule has 6 heteroatoms. The van der Waals surface area contributed by atoms with E-state index in [2.05, 4.69) is 29.3 Å².